The molecule has 0 rings (SSSR count). The summed E-state index contributed by atoms with van der Waals surface area (Å²) < 4.78 is 30.8. The Hall–Kier alpha value is -1.80. The summed E-state index contributed by atoms with van der Waals surface area (Å²) in [5, 5.41) is 0. The summed E-state index contributed by atoms with van der Waals surface area (Å²) in [5.74, 6) is -2.16. The first-order valence-corrected chi connectivity index (χ1v) is 12.5. The molecular formula is C17H32O9Si2. The van der Waals surface area contributed by atoms with Crippen LogP contribution < -0.4 is 0 Å². The SMILES string of the molecule is C=CC[Si](OCC)(OCC)OCC.C=C[Si](OC(C)=O)(OC(C)=O)OC(C)=O. The van der Waals surface area contributed by atoms with Crippen molar-refractivity contribution in [3.63, 3.8) is 0 Å². The first-order valence-electron chi connectivity index (χ1n) is 8.80. The Morgan fingerprint density at radius 1 is 0.750 bits per heavy atom. The number of carbonyl (C=O) groups excluding carboxylic acids is 3. The van der Waals surface area contributed by atoms with Gasteiger partial charge in [-0.25, -0.2) is 0 Å². The smallest absolute Gasteiger partial charge is 0.452 e. The van der Waals surface area contributed by atoms with Crippen molar-refractivity contribution >= 4 is 35.5 Å². The molecule has 0 aliphatic rings. The van der Waals surface area contributed by atoms with Gasteiger partial charge in [0.15, 0.2) is 0 Å². The van der Waals surface area contributed by atoms with Gasteiger partial charge in [0.25, 0.3) is 17.9 Å². The van der Waals surface area contributed by atoms with Crippen molar-refractivity contribution in [2.75, 3.05) is 19.8 Å². The normalized spacial score (nSPS) is 10.8. The van der Waals surface area contributed by atoms with Gasteiger partial charge in [-0.1, -0.05) is 12.7 Å². The van der Waals surface area contributed by atoms with Crippen LogP contribution in [0.15, 0.2) is 24.9 Å². The molecule has 11 heteroatoms. The average Bonchev–Trinajstić information content (AvgIpc) is 2.54. The maximum atomic E-state index is 10.8. The number of carbonyl (C=O) groups is 3. The zero-order valence-corrected chi connectivity index (χ0v) is 19.6. The van der Waals surface area contributed by atoms with E-state index in [9.17, 15) is 14.4 Å². The summed E-state index contributed by atoms with van der Waals surface area (Å²) in [5.41, 5.74) is 1.04. The molecule has 0 fully saturated rings. The number of rotatable bonds is 12. The second kappa shape index (κ2) is 15.2. The molecule has 0 unspecified atom stereocenters. The predicted octanol–water partition coefficient (Wildman–Crippen LogP) is 2.56. The van der Waals surface area contributed by atoms with Crippen LogP contribution in [0.5, 0.6) is 0 Å². The average molecular weight is 437 g/mol. The van der Waals surface area contributed by atoms with E-state index >= 15 is 0 Å². The highest BCUT2D eigenvalue weighted by molar-refractivity contribution is 6.70. The lowest BCUT2D eigenvalue weighted by atomic mass is 10.8. The second-order valence-electron chi connectivity index (χ2n) is 5.06. The van der Waals surface area contributed by atoms with Crippen LogP contribution in [0.3, 0.4) is 0 Å². The van der Waals surface area contributed by atoms with Crippen LogP contribution in [0, 0.1) is 0 Å². The standard InChI is InChI=1S/C9H20O3Si.C8H12O6Si/c1-5-9-13(10-6-2,11-7-3)12-8-4;1-5-15(12-6(2)9,13-7(3)10)14-8(4)11/h5H,1,6-9H2,2-4H3;5H,1H2,2-4H3. The largest absolute Gasteiger partial charge is 0.734 e. The van der Waals surface area contributed by atoms with E-state index < -0.39 is 35.5 Å². The molecule has 0 aliphatic carbocycles. The van der Waals surface area contributed by atoms with Crippen molar-refractivity contribution in [3.8, 4) is 0 Å². The van der Waals surface area contributed by atoms with E-state index in [4.69, 9.17) is 26.6 Å². The summed E-state index contributed by atoms with van der Waals surface area (Å²) in [6, 6.07) is 0.683. The van der Waals surface area contributed by atoms with Crippen molar-refractivity contribution < 1.29 is 40.9 Å². The van der Waals surface area contributed by atoms with Crippen LogP contribution >= 0.6 is 0 Å². The van der Waals surface area contributed by atoms with Crippen molar-refractivity contribution in [1.82, 2.24) is 0 Å². The Labute approximate surface area is 169 Å². The fraction of sp³-hybridized carbons (Fsp3) is 0.588. The van der Waals surface area contributed by atoms with E-state index in [0.717, 1.165) is 26.5 Å². The van der Waals surface area contributed by atoms with Crippen molar-refractivity contribution in [2.24, 2.45) is 0 Å². The van der Waals surface area contributed by atoms with Gasteiger partial charge in [0.1, 0.15) is 0 Å². The molecule has 28 heavy (non-hydrogen) atoms. The summed E-state index contributed by atoms with van der Waals surface area (Å²) >= 11 is 0. The maximum absolute atomic E-state index is 10.8. The van der Waals surface area contributed by atoms with E-state index in [1.807, 2.05) is 20.8 Å². The lowest BCUT2D eigenvalue weighted by Crippen LogP contribution is -2.47. The van der Waals surface area contributed by atoms with Crippen LogP contribution in [0.4, 0.5) is 0 Å². The fourth-order valence-electron chi connectivity index (χ4n) is 1.93. The molecule has 0 radical (unpaired) electrons. The van der Waals surface area contributed by atoms with Crippen LogP contribution in [-0.2, 0) is 40.9 Å². The molecule has 0 heterocycles. The fourth-order valence-corrected chi connectivity index (χ4v) is 5.78. The Bertz CT molecular complexity index is 465. The Kier molecular flexibility index (Phi) is 15.4. The summed E-state index contributed by atoms with van der Waals surface area (Å²) in [6.07, 6.45) is 1.80. The zero-order valence-electron chi connectivity index (χ0n) is 17.6. The van der Waals surface area contributed by atoms with Gasteiger partial charge in [-0.15, -0.1) is 6.58 Å². The van der Waals surface area contributed by atoms with E-state index in [-0.39, 0.29) is 0 Å². The van der Waals surface area contributed by atoms with E-state index in [1.54, 1.807) is 6.08 Å². The third-order valence-electron chi connectivity index (χ3n) is 2.60. The molecule has 0 spiro atoms. The molecule has 9 nitrogen and oxygen atoms in total. The van der Waals surface area contributed by atoms with Crippen LogP contribution in [0.25, 0.3) is 0 Å². The van der Waals surface area contributed by atoms with Gasteiger partial charge in [0.2, 0.25) is 0 Å². The number of allylic oxidation sites excluding steroid dienone is 1. The van der Waals surface area contributed by atoms with Crippen LogP contribution in [0.2, 0.25) is 6.04 Å². The van der Waals surface area contributed by atoms with Gasteiger partial charge in [-0.3, -0.25) is 14.4 Å². The molecule has 0 atom stereocenters. The van der Waals surface area contributed by atoms with Gasteiger partial charge < -0.3 is 26.6 Å². The van der Waals surface area contributed by atoms with E-state index in [1.165, 1.54) is 0 Å². The highest BCUT2D eigenvalue weighted by atomic mass is 28.4. The number of hydrogen-bond donors (Lipinski definition) is 0. The highest BCUT2D eigenvalue weighted by Gasteiger charge is 2.48. The molecule has 162 valence electrons. The lowest BCUT2D eigenvalue weighted by molar-refractivity contribution is -0.146. The van der Waals surface area contributed by atoms with Crippen LogP contribution in [-0.4, -0.2) is 55.3 Å². The Morgan fingerprint density at radius 2 is 1.07 bits per heavy atom. The van der Waals surface area contributed by atoms with Gasteiger partial charge in [-0.05, 0) is 20.8 Å². The molecular weight excluding hydrogens is 404 g/mol. The summed E-state index contributed by atoms with van der Waals surface area (Å²) in [4.78, 5) is 32.3. The first kappa shape index (κ1) is 28.4. The number of hydrogen-bond acceptors (Lipinski definition) is 9. The van der Waals surface area contributed by atoms with E-state index in [2.05, 4.69) is 13.2 Å². The molecule has 0 aromatic heterocycles. The zero-order chi connectivity index (χ0) is 22.2. The minimum absolute atomic E-state index is 0.625. The van der Waals surface area contributed by atoms with Crippen molar-refractivity contribution in [1.29, 1.82) is 0 Å². The second-order valence-corrected chi connectivity index (χ2v) is 9.93. The quantitative estimate of drug-likeness (QED) is 0.337. The van der Waals surface area contributed by atoms with Gasteiger partial charge in [-0.2, -0.15) is 0 Å². The monoisotopic (exact) mass is 436 g/mol. The minimum atomic E-state index is -3.74. The first-order chi connectivity index (χ1) is 13.1. The molecule has 0 amide bonds. The molecule has 0 N–H and O–H groups in total. The van der Waals surface area contributed by atoms with Crippen LogP contribution in [0.1, 0.15) is 41.5 Å². The minimum Gasteiger partial charge on any atom is -0.452 e. The topological polar surface area (TPSA) is 107 Å². The van der Waals surface area contributed by atoms with Crippen molar-refractivity contribution in [2.45, 2.75) is 47.6 Å². The van der Waals surface area contributed by atoms with Gasteiger partial charge in [0, 0.05) is 52.3 Å². The summed E-state index contributed by atoms with van der Waals surface area (Å²) in [7, 11) is -6.16. The van der Waals surface area contributed by atoms with Crippen molar-refractivity contribution in [3.05, 3.63) is 24.9 Å². The third-order valence-corrected chi connectivity index (χ3v) is 7.79. The molecule has 0 aromatic rings. The van der Waals surface area contributed by atoms with Gasteiger partial charge in [0.05, 0.1) is 0 Å². The molecule has 0 aromatic carbocycles. The Balaban J connectivity index is 0. The third kappa shape index (κ3) is 12.6. The summed E-state index contributed by atoms with van der Waals surface area (Å²) in [6.45, 7) is 18.1. The van der Waals surface area contributed by atoms with E-state index in [0.29, 0.717) is 25.9 Å². The molecule has 0 saturated carbocycles. The highest BCUT2D eigenvalue weighted by Crippen LogP contribution is 2.16. The lowest BCUT2D eigenvalue weighted by Gasteiger charge is -2.27. The molecule has 0 saturated heterocycles. The Morgan fingerprint density at radius 3 is 1.25 bits per heavy atom. The van der Waals surface area contributed by atoms with Gasteiger partial charge >= 0.3 is 17.6 Å². The maximum Gasteiger partial charge on any atom is 0.734 e. The molecule has 0 bridgehead atoms. The molecule has 0 aliphatic heterocycles. The predicted molar refractivity (Wildman–Crippen MR) is 107 cm³/mol.